The summed E-state index contributed by atoms with van der Waals surface area (Å²) < 4.78 is 0. The molecule has 1 aliphatic rings. The van der Waals surface area contributed by atoms with Crippen molar-refractivity contribution in [1.82, 2.24) is 5.32 Å². The van der Waals surface area contributed by atoms with E-state index in [1.165, 1.54) is 18.6 Å². The van der Waals surface area contributed by atoms with Gasteiger partial charge in [0.1, 0.15) is 0 Å². The van der Waals surface area contributed by atoms with Crippen LogP contribution in [0.2, 0.25) is 0 Å². The van der Waals surface area contributed by atoms with E-state index in [2.05, 4.69) is 32.3 Å². The van der Waals surface area contributed by atoms with Crippen LogP contribution < -0.4 is 5.32 Å². The molecule has 19 heavy (non-hydrogen) atoms. The summed E-state index contributed by atoms with van der Waals surface area (Å²) in [5, 5.41) is 13.0. The Hall–Kier alpha value is -0.220. The highest BCUT2D eigenvalue weighted by Gasteiger charge is 2.45. The van der Waals surface area contributed by atoms with E-state index in [0.29, 0.717) is 12.0 Å². The number of nitrogens with one attached hydrogen (secondary N) is 1. The molecule has 0 saturated heterocycles. The molecule has 0 spiro atoms. The summed E-state index contributed by atoms with van der Waals surface area (Å²) in [7, 11) is 0. The van der Waals surface area contributed by atoms with Gasteiger partial charge in [0.25, 0.3) is 0 Å². The molecule has 3 atom stereocenters. The average molecular weight is 287 g/mol. The number of carboxylic acids is 1. The van der Waals surface area contributed by atoms with Crippen molar-refractivity contribution < 1.29 is 9.90 Å². The topological polar surface area (TPSA) is 49.3 Å². The lowest BCUT2D eigenvalue weighted by Crippen LogP contribution is -2.51. The van der Waals surface area contributed by atoms with Crippen molar-refractivity contribution in [3.8, 4) is 0 Å². The van der Waals surface area contributed by atoms with E-state index < -0.39 is 5.97 Å². The van der Waals surface area contributed by atoms with Crippen molar-refractivity contribution >= 4 is 17.7 Å². The number of hydrogen-bond acceptors (Lipinski definition) is 3. The number of rotatable bonds is 7. The standard InChI is InChI=1S/C15H29NO2S/c1-11-13(16-9-5-6-10-19-4)8-7-12(14(17)18)15(11,2)3/h11-13,16H,5-10H2,1-4H3,(H,17,18). The van der Waals surface area contributed by atoms with E-state index in [9.17, 15) is 9.90 Å². The second-order valence-corrected chi connectivity index (χ2v) is 7.32. The highest BCUT2D eigenvalue weighted by molar-refractivity contribution is 7.98. The molecule has 3 nitrogen and oxygen atoms in total. The molecular formula is C15H29NO2S. The minimum absolute atomic E-state index is 0.124. The molecule has 1 rings (SSSR count). The number of thioether (sulfide) groups is 1. The lowest BCUT2D eigenvalue weighted by molar-refractivity contribution is -0.150. The molecule has 0 radical (unpaired) electrons. The zero-order valence-electron chi connectivity index (χ0n) is 12.7. The second kappa shape index (κ2) is 7.53. The highest BCUT2D eigenvalue weighted by Crippen LogP contribution is 2.45. The normalized spacial score (nSPS) is 30.2. The van der Waals surface area contributed by atoms with Gasteiger partial charge in [0, 0.05) is 6.04 Å². The fourth-order valence-corrected chi connectivity index (χ4v) is 3.68. The Labute approximate surface area is 121 Å². The van der Waals surface area contributed by atoms with Crippen molar-refractivity contribution in [3.63, 3.8) is 0 Å². The molecule has 1 aliphatic carbocycles. The minimum Gasteiger partial charge on any atom is -0.481 e. The molecule has 112 valence electrons. The number of unbranched alkanes of at least 4 members (excludes halogenated alkanes) is 1. The Kier molecular flexibility index (Phi) is 6.67. The third-order valence-electron chi connectivity index (χ3n) is 4.92. The largest absolute Gasteiger partial charge is 0.481 e. The molecule has 0 heterocycles. The Morgan fingerprint density at radius 1 is 1.37 bits per heavy atom. The second-order valence-electron chi connectivity index (χ2n) is 6.34. The van der Waals surface area contributed by atoms with Crippen LogP contribution in [-0.4, -0.2) is 35.7 Å². The van der Waals surface area contributed by atoms with Crippen LogP contribution in [-0.2, 0) is 4.79 Å². The lowest BCUT2D eigenvalue weighted by Gasteiger charge is -2.46. The van der Waals surface area contributed by atoms with Gasteiger partial charge >= 0.3 is 5.97 Å². The van der Waals surface area contributed by atoms with Gasteiger partial charge in [0.05, 0.1) is 5.92 Å². The van der Waals surface area contributed by atoms with Gasteiger partial charge in [-0.05, 0) is 55.6 Å². The molecule has 0 aromatic carbocycles. The number of carboxylic acid groups (broad SMARTS) is 1. The van der Waals surface area contributed by atoms with Crippen molar-refractivity contribution in [1.29, 1.82) is 0 Å². The van der Waals surface area contributed by atoms with Crippen LogP contribution in [0.1, 0.15) is 46.5 Å². The van der Waals surface area contributed by atoms with Gasteiger partial charge in [0.15, 0.2) is 0 Å². The van der Waals surface area contributed by atoms with Crippen LogP contribution in [0.15, 0.2) is 0 Å². The predicted octanol–water partition coefficient (Wildman–Crippen LogP) is 3.24. The Balaban J connectivity index is 2.44. The molecule has 0 aliphatic heterocycles. The Bertz CT molecular complexity index is 294. The zero-order valence-corrected chi connectivity index (χ0v) is 13.6. The summed E-state index contributed by atoms with van der Waals surface area (Å²) in [6, 6.07) is 0.472. The molecule has 0 aromatic heterocycles. The maximum atomic E-state index is 11.3. The summed E-state index contributed by atoms with van der Waals surface area (Å²) >= 11 is 1.90. The van der Waals surface area contributed by atoms with E-state index in [0.717, 1.165) is 19.4 Å². The van der Waals surface area contributed by atoms with Gasteiger partial charge in [-0.15, -0.1) is 0 Å². The van der Waals surface area contributed by atoms with Gasteiger partial charge in [-0.3, -0.25) is 4.79 Å². The zero-order chi connectivity index (χ0) is 14.5. The van der Waals surface area contributed by atoms with E-state index in [4.69, 9.17) is 0 Å². The quantitative estimate of drug-likeness (QED) is 0.706. The number of aliphatic carboxylic acids is 1. The molecule has 1 saturated carbocycles. The molecular weight excluding hydrogens is 258 g/mol. The van der Waals surface area contributed by atoms with E-state index in [1.54, 1.807) is 0 Å². The van der Waals surface area contributed by atoms with Crippen molar-refractivity contribution in [2.45, 2.75) is 52.5 Å². The van der Waals surface area contributed by atoms with Crippen molar-refractivity contribution in [2.24, 2.45) is 17.3 Å². The molecule has 0 bridgehead atoms. The Morgan fingerprint density at radius 3 is 2.63 bits per heavy atom. The van der Waals surface area contributed by atoms with Crippen LogP contribution in [0.25, 0.3) is 0 Å². The fourth-order valence-electron chi connectivity index (χ4n) is 3.18. The summed E-state index contributed by atoms with van der Waals surface area (Å²) in [6.07, 6.45) is 6.41. The SMILES string of the molecule is CSCCCCNC1CCC(C(=O)O)C(C)(C)C1C. The van der Waals surface area contributed by atoms with Crippen molar-refractivity contribution in [3.05, 3.63) is 0 Å². The van der Waals surface area contributed by atoms with Crippen LogP contribution in [0.5, 0.6) is 0 Å². The van der Waals surface area contributed by atoms with Crippen LogP contribution >= 0.6 is 11.8 Å². The molecule has 0 aromatic rings. The molecule has 1 fully saturated rings. The predicted molar refractivity (Wildman–Crippen MR) is 82.7 cm³/mol. The first-order chi connectivity index (χ1) is 8.91. The molecule has 4 heteroatoms. The summed E-state index contributed by atoms with van der Waals surface area (Å²) in [5.74, 6) is 0.810. The van der Waals surface area contributed by atoms with Gasteiger partial charge in [0.2, 0.25) is 0 Å². The lowest BCUT2D eigenvalue weighted by atomic mass is 9.61. The highest BCUT2D eigenvalue weighted by atomic mass is 32.2. The maximum absolute atomic E-state index is 11.3. The molecule has 0 amide bonds. The monoisotopic (exact) mass is 287 g/mol. The van der Waals surface area contributed by atoms with Gasteiger partial charge in [-0.2, -0.15) is 11.8 Å². The number of carbonyl (C=O) groups is 1. The molecule has 3 unspecified atom stereocenters. The third kappa shape index (κ3) is 4.38. The number of hydrogen-bond donors (Lipinski definition) is 2. The smallest absolute Gasteiger partial charge is 0.307 e. The summed E-state index contributed by atoms with van der Waals surface area (Å²) in [4.78, 5) is 11.3. The first-order valence-electron chi connectivity index (χ1n) is 7.36. The van der Waals surface area contributed by atoms with Gasteiger partial charge in [-0.1, -0.05) is 20.8 Å². The minimum atomic E-state index is -0.629. The third-order valence-corrected chi connectivity index (χ3v) is 5.62. The fraction of sp³-hybridized carbons (Fsp3) is 0.933. The maximum Gasteiger partial charge on any atom is 0.307 e. The van der Waals surface area contributed by atoms with Gasteiger partial charge in [-0.25, -0.2) is 0 Å². The average Bonchev–Trinajstić information content (AvgIpc) is 2.33. The molecule has 2 N–H and O–H groups in total. The summed E-state index contributed by atoms with van der Waals surface area (Å²) in [5.41, 5.74) is -0.124. The van der Waals surface area contributed by atoms with Crippen molar-refractivity contribution in [2.75, 3.05) is 18.6 Å². The first-order valence-corrected chi connectivity index (χ1v) is 8.75. The van der Waals surface area contributed by atoms with E-state index in [-0.39, 0.29) is 11.3 Å². The van der Waals surface area contributed by atoms with Gasteiger partial charge < -0.3 is 10.4 Å². The first kappa shape index (κ1) is 16.8. The van der Waals surface area contributed by atoms with Crippen LogP contribution in [0.3, 0.4) is 0 Å². The van der Waals surface area contributed by atoms with Crippen LogP contribution in [0, 0.1) is 17.3 Å². The Morgan fingerprint density at radius 2 is 2.05 bits per heavy atom. The van der Waals surface area contributed by atoms with E-state index in [1.807, 2.05) is 11.8 Å². The van der Waals surface area contributed by atoms with E-state index >= 15 is 0 Å². The van der Waals surface area contributed by atoms with Crippen LogP contribution in [0.4, 0.5) is 0 Å². The summed E-state index contributed by atoms with van der Waals surface area (Å²) in [6.45, 7) is 7.48.